The van der Waals surface area contributed by atoms with Gasteiger partial charge >= 0.3 is 0 Å². The van der Waals surface area contributed by atoms with Gasteiger partial charge < -0.3 is 40.1 Å². The maximum absolute atomic E-state index is 11.8. The van der Waals surface area contributed by atoms with Gasteiger partial charge in [-0.05, 0) is 24.6 Å². The Morgan fingerprint density at radius 1 is 1.25 bits per heavy atom. The van der Waals surface area contributed by atoms with Crippen LogP contribution in [0.25, 0.3) is 0 Å². The van der Waals surface area contributed by atoms with Crippen molar-refractivity contribution in [3.05, 3.63) is 23.8 Å². The van der Waals surface area contributed by atoms with Gasteiger partial charge in [-0.15, -0.1) is 0 Å². The highest BCUT2D eigenvalue weighted by Gasteiger charge is 2.47. The molecule has 160 valence electrons. The van der Waals surface area contributed by atoms with Gasteiger partial charge in [0.05, 0.1) is 13.2 Å². The Morgan fingerprint density at radius 3 is 2.43 bits per heavy atom. The molecule has 0 radical (unpaired) electrons. The fourth-order valence-electron chi connectivity index (χ4n) is 3.61. The van der Waals surface area contributed by atoms with Crippen molar-refractivity contribution in [2.75, 3.05) is 13.2 Å². The first-order valence-corrected chi connectivity index (χ1v) is 9.17. The third-order valence-corrected chi connectivity index (χ3v) is 5.52. The molecule has 0 amide bonds. The van der Waals surface area contributed by atoms with E-state index in [0.717, 1.165) is 0 Å². The normalized spacial score (nSPS) is 39.8. The number of rotatable bonds is 6. The number of aliphatic hydroxyl groups is 6. The van der Waals surface area contributed by atoms with Gasteiger partial charge in [-0.1, -0.05) is 19.9 Å². The highest BCUT2D eigenvalue weighted by atomic mass is 16.7. The van der Waals surface area contributed by atoms with Crippen LogP contribution in [0.2, 0.25) is 0 Å². The lowest BCUT2D eigenvalue weighted by atomic mass is 9.64. The van der Waals surface area contributed by atoms with E-state index in [1.807, 2.05) is 0 Å². The van der Waals surface area contributed by atoms with Gasteiger partial charge in [0.2, 0.25) is 0 Å². The fourth-order valence-corrected chi connectivity index (χ4v) is 3.61. The molecule has 1 saturated heterocycles. The second kappa shape index (κ2) is 8.68. The first-order chi connectivity index (χ1) is 13.0. The Balaban J connectivity index is 2.17. The molecule has 9 nitrogen and oxygen atoms in total. The summed E-state index contributed by atoms with van der Waals surface area (Å²) < 4.78 is 10.7. The van der Waals surface area contributed by atoms with Crippen LogP contribution in [-0.2, 0) is 14.3 Å². The molecule has 0 saturated carbocycles. The Kier molecular flexibility index (Phi) is 7.17. The zero-order chi connectivity index (χ0) is 21.3. The van der Waals surface area contributed by atoms with Crippen LogP contribution in [0, 0.1) is 5.41 Å². The van der Waals surface area contributed by atoms with E-state index in [9.17, 15) is 35.4 Å². The van der Waals surface area contributed by atoms with Gasteiger partial charge in [-0.2, -0.15) is 0 Å². The standard InChI is InChI=1S/C19H30O9/c1-10-6-11(22)7-18(2,3)19(10,26)5-4-12(8-20)27-17-16(25)15(24)14(23)13(9-21)28-17/h4-6,12-17,20-21,23-26H,7-9H2,1-3H3/t12-,13+,14+,15-,16+,17+,19+/m0/s1. The predicted octanol–water partition coefficient (Wildman–Crippen LogP) is -1.60. The van der Waals surface area contributed by atoms with Gasteiger partial charge in [-0.3, -0.25) is 4.79 Å². The van der Waals surface area contributed by atoms with Crippen molar-refractivity contribution in [2.45, 2.75) is 69.6 Å². The molecule has 0 aromatic heterocycles. The van der Waals surface area contributed by atoms with Gasteiger partial charge in [0.25, 0.3) is 0 Å². The van der Waals surface area contributed by atoms with Crippen molar-refractivity contribution in [3.8, 4) is 0 Å². The summed E-state index contributed by atoms with van der Waals surface area (Å²) in [5, 5.41) is 59.6. The van der Waals surface area contributed by atoms with E-state index in [0.29, 0.717) is 5.57 Å². The molecule has 1 fully saturated rings. The van der Waals surface area contributed by atoms with Crippen LogP contribution in [0.5, 0.6) is 0 Å². The number of ketones is 1. The molecule has 1 aliphatic heterocycles. The number of aliphatic hydroxyl groups excluding tert-OH is 5. The predicted molar refractivity (Wildman–Crippen MR) is 97.0 cm³/mol. The lowest BCUT2D eigenvalue weighted by Crippen LogP contribution is -2.59. The van der Waals surface area contributed by atoms with Gasteiger partial charge in [-0.25, -0.2) is 0 Å². The second-order valence-electron chi connectivity index (χ2n) is 8.03. The van der Waals surface area contributed by atoms with E-state index in [4.69, 9.17) is 9.47 Å². The number of hydrogen-bond acceptors (Lipinski definition) is 9. The van der Waals surface area contributed by atoms with Crippen molar-refractivity contribution in [2.24, 2.45) is 5.41 Å². The van der Waals surface area contributed by atoms with E-state index in [1.54, 1.807) is 20.8 Å². The quantitative estimate of drug-likeness (QED) is 0.288. The first kappa shape index (κ1) is 23.1. The van der Waals surface area contributed by atoms with E-state index < -0.39 is 61.0 Å². The Hall–Kier alpha value is -1.17. The summed E-state index contributed by atoms with van der Waals surface area (Å²) >= 11 is 0. The van der Waals surface area contributed by atoms with E-state index in [1.165, 1.54) is 18.2 Å². The fraction of sp³-hybridized carbons (Fsp3) is 0.737. The van der Waals surface area contributed by atoms with Gasteiger partial charge in [0, 0.05) is 11.8 Å². The summed E-state index contributed by atoms with van der Waals surface area (Å²) in [4.78, 5) is 11.8. The molecule has 6 N–H and O–H groups in total. The van der Waals surface area contributed by atoms with Crippen molar-refractivity contribution >= 4 is 5.78 Å². The average molecular weight is 402 g/mol. The molecular formula is C19H30O9. The van der Waals surface area contributed by atoms with Crippen LogP contribution in [0.1, 0.15) is 27.2 Å². The molecule has 2 rings (SSSR count). The summed E-state index contributed by atoms with van der Waals surface area (Å²) in [5.41, 5.74) is -1.79. The topological polar surface area (TPSA) is 157 Å². The molecule has 7 atom stereocenters. The van der Waals surface area contributed by atoms with Crippen LogP contribution in [0.15, 0.2) is 23.8 Å². The van der Waals surface area contributed by atoms with Crippen LogP contribution in [-0.4, -0.2) is 92.0 Å². The van der Waals surface area contributed by atoms with Crippen LogP contribution in [0.3, 0.4) is 0 Å². The Bertz CT molecular complexity index is 627. The van der Waals surface area contributed by atoms with Crippen molar-refractivity contribution in [1.82, 2.24) is 0 Å². The number of allylic oxidation sites excluding steroid dienone is 1. The molecule has 1 aliphatic carbocycles. The third kappa shape index (κ3) is 4.37. The van der Waals surface area contributed by atoms with Crippen LogP contribution in [0.4, 0.5) is 0 Å². The molecule has 0 aromatic rings. The minimum Gasteiger partial charge on any atom is -0.394 e. The zero-order valence-electron chi connectivity index (χ0n) is 16.2. The van der Waals surface area contributed by atoms with Crippen molar-refractivity contribution < 1.29 is 44.9 Å². The molecule has 0 unspecified atom stereocenters. The summed E-state index contributed by atoms with van der Waals surface area (Å²) in [6.07, 6.45) is -3.96. The molecular weight excluding hydrogens is 372 g/mol. The van der Waals surface area contributed by atoms with E-state index >= 15 is 0 Å². The SMILES string of the molecule is CC1=CC(=O)CC(C)(C)[C@@]1(O)C=C[C@@H](CO)O[C@@H]1O[C@H](CO)[C@@H](O)[C@H](O)[C@H]1O. The lowest BCUT2D eigenvalue weighted by Gasteiger charge is -2.44. The zero-order valence-corrected chi connectivity index (χ0v) is 16.2. The first-order valence-electron chi connectivity index (χ1n) is 9.17. The number of carbonyl (C=O) groups is 1. The molecule has 0 aromatic carbocycles. The average Bonchev–Trinajstić information content (AvgIpc) is 2.62. The molecule has 2 aliphatic rings. The Morgan fingerprint density at radius 2 is 1.89 bits per heavy atom. The molecule has 0 spiro atoms. The Labute approximate surface area is 163 Å². The van der Waals surface area contributed by atoms with Crippen molar-refractivity contribution in [1.29, 1.82) is 0 Å². The number of hydrogen-bond donors (Lipinski definition) is 6. The number of carbonyl (C=O) groups excluding carboxylic acids is 1. The van der Waals surface area contributed by atoms with E-state index in [2.05, 4.69) is 0 Å². The summed E-state index contributed by atoms with van der Waals surface area (Å²) in [7, 11) is 0. The highest BCUT2D eigenvalue weighted by Crippen LogP contribution is 2.44. The van der Waals surface area contributed by atoms with Crippen LogP contribution < -0.4 is 0 Å². The smallest absolute Gasteiger partial charge is 0.187 e. The molecule has 9 heteroatoms. The minimum atomic E-state index is -1.60. The summed E-state index contributed by atoms with van der Waals surface area (Å²) in [6.45, 7) is 4.01. The largest absolute Gasteiger partial charge is 0.394 e. The molecule has 28 heavy (non-hydrogen) atoms. The lowest BCUT2D eigenvalue weighted by molar-refractivity contribution is -0.309. The summed E-state index contributed by atoms with van der Waals surface area (Å²) in [5.74, 6) is -0.0862. The highest BCUT2D eigenvalue weighted by molar-refractivity contribution is 5.92. The second-order valence-corrected chi connectivity index (χ2v) is 8.03. The monoisotopic (exact) mass is 402 g/mol. The molecule has 0 bridgehead atoms. The van der Waals surface area contributed by atoms with Gasteiger partial charge in [0.15, 0.2) is 12.1 Å². The van der Waals surface area contributed by atoms with E-state index in [-0.39, 0.29) is 12.2 Å². The maximum atomic E-state index is 11.8. The molecule has 1 heterocycles. The van der Waals surface area contributed by atoms with Gasteiger partial charge in [0.1, 0.15) is 36.1 Å². The van der Waals surface area contributed by atoms with Crippen LogP contribution >= 0.6 is 0 Å². The summed E-state index contributed by atoms with van der Waals surface area (Å²) in [6, 6.07) is 0. The van der Waals surface area contributed by atoms with Crippen molar-refractivity contribution in [3.63, 3.8) is 0 Å². The number of ether oxygens (including phenoxy) is 2. The third-order valence-electron chi connectivity index (χ3n) is 5.52. The maximum Gasteiger partial charge on any atom is 0.187 e. The minimum absolute atomic E-state index is 0.0862.